The molecule has 5 nitrogen and oxygen atoms in total. The second-order valence-electron chi connectivity index (χ2n) is 4.79. The number of imidazole rings is 1. The molecule has 1 amide bonds. The first-order chi connectivity index (χ1) is 9.72. The van der Waals surface area contributed by atoms with Gasteiger partial charge in [-0.15, -0.1) is 0 Å². The zero-order valence-electron chi connectivity index (χ0n) is 10.9. The zero-order chi connectivity index (χ0) is 13.9. The van der Waals surface area contributed by atoms with Gasteiger partial charge in [0.1, 0.15) is 0 Å². The van der Waals surface area contributed by atoms with Crippen molar-refractivity contribution < 1.29 is 9.90 Å². The number of hydrogen-bond acceptors (Lipinski definition) is 3. The number of aliphatic hydroxyl groups is 1. The molecule has 102 valence electrons. The van der Waals surface area contributed by atoms with Crippen molar-refractivity contribution in [3.05, 3.63) is 54.6 Å². The molecule has 2 heterocycles. The number of aromatic nitrogens is 2. The van der Waals surface area contributed by atoms with Crippen LogP contribution in [-0.4, -0.2) is 44.7 Å². The Morgan fingerprint density at radius 2 is 2.05 bits per heavy atom. The summed E-state index contributed by atoms with van der Waals surface area (Å²) in [5.41, 5.74) is 1.99. The SMILES string of the molecule is O=C(/C=C/c1ccc(-n2ccnc2)cc1)N1CC(O)C1. The van der Waals surface area contributed by atoms with Crippen LogP contribution in [0.3, 0.4) is 0 Å². The van der Waals surface area contributed by atoms with E-state index in [-0.39, 0.29) is 12.0 Å². The molecule has 0 spiro atoms. The van der Waals surface area contributed by atoms with E-state index in [1.54, 1.807) is 23.5 Å². The minimum atomic E-state index is -0.359. The molecule has 1 aliphatic heterocycles. The summed E-state index contributed by atoms with van der Waals surface area (Å²) in [7, 11) is 0. The number of benzene rings is 1. The Bertz CT molecular complexity index is 611. The predicted octanol–water partition coefficient (Wildman–Crippen LogP) is 1.09. The number of carbonyl (C=O) groups is 1. The van der Waals surface area contributed by atoms with E-state index < -0.39 is 0 Å². The zero-order valence-corrected chi connectivity index (χ0v) is 10.9. The molecule has 0 radical (unpaired) electrons. The lowest BCUT2D eigenvalue weighted by Gasteiger charge is -2.34. The first-order valence-electron chi connectivity index (χ1n) is 6.46. The van der Waals surface area contributed by atoms with Crippen LogP contribution in [0.2, 0.25) is 0 Å². The highest BCUT2D eigenvalue weighted by Gasteiger charge is 2.26. The maximum Gasteiger partial charge on any atom is 0.246 e. The van der Waals surface area contributed by atoms with E-state index in [0.717, 1.165) is 11.3 Å². The lowest BCUT2D eigenvalue weighted by atomic mass is 10.1. The summed E-state index contributed by atoms with van der Waals surface area (Å²) < 4.78 is 1.92. The maximum atomic E-state index is 11.7. The first-order valence-corrected chi connectivity index (χ1v) is 6.46. The van der Waals surface area contributed by atoms with Crippen molar-refractivity contribution in [2.45, 2.75) is 6.10 Å². The largest absolute Gasteiger partial charge is 0.389 e. The number of nitrogens with zero attached hydrogens (tertiary/aromatic N) is 3. The van der Waals surface area contributed by atoms with Gasteiger partial charge in [0.25, 0.3) is 0 Å². The van der Waals surface area contributed by atoms with Gasteiger partial charge in [0.2, 0.25) is 5.91 Å². The standard InChI is InChI=1S/C15H15N3O2/c19-14-9-18(10-14)15(20)6-3-12-1-4-13(5-2-12)17-8-7-16-11-17/h1-8,11,14,19H,9-10H2/b6-3+. The van der Waals surface area contributed by atoms with Gasteiger partial charge in [-0.2, -0.15) is 0 Å². The highest BCUT2D eigenvalue weighted by molar-refractivity contribution is 5.92. The van der Waals surface area contributed by atoms with E-state index >= 15 is 0 Å². The molecule has 2 aromatic rings. The molecule has 0 saturated carbocycles. The molecule has 1 aromatic carbocycles. The highest BCUT2D eigenvalue weighted by atomic mass is 16.3. The van der Waals surface area contributed by atoms with E-state index in [2.05, 4.69) is 4.98 Å². The van der Waals surface area contributed by atoms with E-state index in [1.165, 1.54) is 6.08 Å². The number of rotatable bonds is 3. The molecular formula is C15H15N3O2. The van der Waals surface area contributed by atoms with Crippen LogP contribution in [0.1, 0.15) is 5.56 Å². The van der Waals surface area contributed by atoms with Crippen molar-refractivity contribution in [3.8, 4) is 5.69 Å². The second-order valence-corrected chi connectivity index (χ2v) is 4.79. The van der Waals surface area contributed by atoms with Crippen LogP contribution < -0.4 is 0 Å². The predicted molar refractivity (Wildman–Crippen MR) is 75.2 cm³/mol. The van der Waals surface area contributed by atoms with Gasteiger partial charge in [-0.1, -0.05) is 12.1 Å². The summed E-state index contributed by atoms with van der Waals surface area (Å²) in [5, 5.41) is 9.15. The van der Waals surface area contributed by atoms with E-state index in [1.807, 2.05) is 35.0 Å². The second kappa shape index (κ2) is 5.30. The molecule has 0 unspecified atom stereocenters. The number of aliphatic hydroxyl groups excluding tert-OH is 1. The molecule has 1 N–H and O–H groups in total. The molecule has 0 atom stereocenters. The summed E-state index contributed by atoms with van der Waals surface area (Å²) in [6.07, 6.45) is 8.31. The normalized spacial score (nSPS) is 15.6. The Morgan fingerprint density at radius 3 is 2.65 bits per heavy atom. The van der Waals surface area contributed by atoms with Crippen LogP contribution in [0, 0.1) is 0 Å². The van der Waals surface area contributed by atoms with Crippen molar-refractivity contribution in [1.29, 1.82) is 0 Å². The summed E-state index contributed by atoms with van der Waals surface area (Å²) in [4.78, 5) is 17.3. The Morgan fingerprint density at radius 1 is 1.30 bits per heavy atom. The number of β-amino-alcohol motifs (C(OH)–C–C–N with tert-alkyl or cyclic N) is 1. The monoisotopic (exact) mass is 269 g/mol. The van der Waals surface area contributed by atoms with Gasteiger partial charge in [-0.05, 0) is 23.8 Å². The van der Waals surface area contributed by atoms with Gasteiger partial charge in [0.15, 0.2) is 0 Å². The number of amides is 1. The third-order valence-electron chi connectivity index (χ3n) is 3.29. The summed E-state index contributed by atoms with van der Waals surface area (Å²) in [5.74, 6) is -0.0611. The molecular weight excluding hydrogens is 254 g/mol. The minimum Gasteiger partial charge on any atom is -0.389 e. The van der Waals surface area contributed by atoms with Gasteiger partial charge in [-0.3, -0.25) is 4.79 Å². The van der Waals surface area contributed by atoms with Crippen LogP contribution in [0.25, 0.3) is 11.8 Å². The van der Waals surface area contributed by atoms with Gasteiger partial charge in [-0.25, -0.2) is 4.98 Å². The van der Waals surface area contributed by atoms with Gasteiger partial charge >= 0.3 is 0 Å². The molecule has 5 heteroatoms. The van der Waals surface area contributed by atoms with E-state index in [0.29, 0.717) is 13.1 Å². The average Bonchev–Trinajstić information content (AvgIpc) is 2.96. The fourth-order valence-corrected chi connectivity index (χ4v) is 2.08. The van der Waals surface area contributed by atoms with Crippen molar-refractivity contribution >= 4 is 12.0 Å². The number of likely N-dealkylation sites (tertiary alicyclic amines) is 1. The Balaban J connectivity index is 1.65. The van der Waals surface area contributed by atoms with Gasteiger partial charge < -0.3 is 14.6 Å². The van der Waals surface area contributed by atoms with Crippen LogP contribution in [0.15, 0.2) is 49.1 Å². The van der Waals surface area contributed by atoms with Crippen LogP contribution >= 0.6 is 0 Å². The minimum absolute atomic E-state index is 0.0611. The van der Waals surface area contributed by atoms with Gasteiger partial charge in [0.05, 0.1) is 12.4 Å². The lowest BCUT2D eigenvalue weighted by molar-refractivity contribution is -0.135. The number of hydrogen-bond donors (Lipinski definition) is 1. The topological polar surface area (TPSA) is 58.4 Å². The summed E-state index contributed by atoms with van der Waals surface area (Å²) >= 11 is 0. The van der Waals surface area contributed by atoms with Crippen molar-refractivity contribution in [2.75, 3.05) is 13.1 Å². The quantitative estimate of drug-likeness (QED) is 0.849. The molecule has 1 saturated heterocycles. The molecule has 0 aliphatic carbocycles. The first kappa shape index (κ1) is 12.6. The Labute approximate surface area is 116 Å². The molecule has 1 aromatic heterocycles. The number of carbonyl (C=O) groups excluding carboxylic acids is 1. The van der Waals surface area contributed by atoms with Crippen molar-refractivity contribution in [2.24, 2.45) is 0 Å². The highest BCUT2D eigenvalue weighted by Crippen LogP contribution is 2.12. The Kier molecular flexibility index (Phi) is 3.35. The summed E-state index contributed by atoms with van der Waals surface area (Å²) in [6.45, 7) is 0.867. The Hall–Kier alpha value is -2.40. The molecule has 20 heavy (non-hydrogen) atoms. The van der Waals surface area contributed by atoms with Crippen LogP contribution in [-0.2, 0) is 4.79 Å². The van der Waals surface area contributed by atoms with E-state index in [9.17, 15) is 4.79 Å². The third-order valence-corrected chi connectivity index (χ3v) is 3.29. The third kappa shape index (κ3) is 2.62. The lowest BCUT2D eigenvalue weighted by Crippen LogP contribution is -2.52. The molecule has 0 bridgehead atoms. The van der Waals surface area contributed by atoms with Crippen molar-refractivity contribution in [1.82, 2.24) is 14.5 Å². The van der Waals surface area contributed by atoms with E-state index in [4.69, 9.17) is 5.11 Å². The smallest absolute Gasteiger partial charge is 0.246 e. The average molecular weight is 269 g/mol. The molecule has 1 aliphatic rings. The fraction of sp³-hybridized carbons (Fsp3) is 0.200. The molecule has 1 fully saturated rings. The van der Waals surface area contributed by atoms with Gasteiger partial charge in [0, 0.05) is 37.2 Å². The molecule has 3 rings (SSSR count). The van der Waals surface area contributed by atoms with Crippen molar-refractivity contribution in [3.63, 3.8) is 0 Å². The van der Waals surface area contributed by atoms with Crippen LogP contribution in [0.4, 0.5) is 0 Å². The maximum absolute atomic E-state index is 11.7. The fourth-order valence-electron chi connectivity index (χ4n) is 2.08. The van der Waals surface area contributed by atoms with Crippen LogP contribution in [0.5, 0.6) is 0 Å². The summed E-state index contributed by atoms with van der Waals surface area (Å²) in [6, 6.07) is 7.84.